The van der Waals surface area contributed by atoms with Gasteiger partial charge in [-0.3, -0.25) is 4.79 Å². The average molecular weight is 473 g/mol. The molecule has 178 valence electrons. The van der Waals surface area contributed by atoms with Crippen LogP contribution in [0.15, 0.2) is 36.5 Å². The smallest absolute Gasteiger partial charge is 0.232 e. The molecular weight excluding hydrogens is 440 g/mol. The Morgan fingerprint density at radius 2 is 2.18 bits per heavy atom. The molecule has 2 aliphatic rings. The number of benzene rings is 1. The second-order valence-electron chi connectivity index (χ2n) is 9.44. The summed E-state index contributed by atoms with van der Waals surface area (Å²) in [6.45, 7) is 8.37. The third-order valence-corrected chi connectivity index (χ3v) is 6.48. The number of nitrogens with zero attached hydrogens (tertiary/aromatic N) is 1. The molecule has 0 bridgehead atoms. The minimum atomic E-state index is -0.254. The van der Waals surface area contributed by atoms with Crippen molar-refractivity contribution in [3.8, 4) is 11.1 Å². The Hall–Kier alpha value is -2.19. The topological polar surface area (TPSA) is 84.5 Å². The summed E-state index contributed by atoms with van der Waals surface area (Å²) in [6, 6.07) is 9.99. The molecule has 2 aromatic rings. The van der Waals surface area contributed by atoms with Gasteiger partial charge >= 0.3 is 0 Å². The minimum Gasteiger partial charge on any atom is -0.385 e. The number of pyridine rings is 1. The van der Waals surface area contributed by atoms with E-state index in [-0.39, 0.29) is 17.4 Å². The highest BCUT2D eigenvalue weighted by atomic mass is 35.5. The Balaban J connectivity index is 1.43. The van der Waals surface area contributed by atoms with Crippen LogP contribution in [-0.2, 0) is 14.3 Å². The van der Waals surface area contributed by atoms with Crippen LogP contribution in [0.4, 0.5) is 11.5 Å². The predicted octanol–water partition coefficient (Wildman–Crippen LogP) is 4.19. The van der Waals surface area contributed by atoms with Gasteiger partial charge in [-0.2, -0.15) is 0 Å². The molecule has 1 aromatic heterocycles. The Kier molecular flexibility index (Phi) is 7.86. The number of hydrogen-bond donors (Lipinski definition) is 3. The highest BCUT2D eigenvalue weighted by Crippen LogP contribution is 2.32. The molecule has 0 aliphatic carbocycles. The second-order valence-corrected chi connectivity index (χ2v) is 9.85. The van der Waals surface area contributed by atoms with Crippen LogP contribution in [0.1, 0.15) is 26.7 Å². The molecule has 0 saturated carbocycles. The molecule has 1 unspecified atom stereocenters. The summed E-state index contributed by atoms with van der Waals surface area (Å²) in [7, 11) is 0. The van der Waals surface area contributed by atoms with E-state index >= 15 is 0 Å². The van der Waals surface area contributed by atoms with Crippen LogP contribution in [0, 0.1) is 11.8 Å². The van der Waals surface area contributed by atoms with Gasteiger partial charge in [-0.15, -0.1) is 0 Å². The largest absolute Gasteiger partial charge is 0.385 e. The van der Waals surface area contributed by atoms with Crippen molar-refractivity contribution >= 4 is 29.0 Å². The van der Waals surface area contributed by atoms with Gasteiger partial charge in [0.1, 0.15) is 5.82 Å². The van der Waals surface area contributed by atoms with Gasteiger partial charge in [0.15, 0.2) is 0 Å². The molecule has 2 saturated heterocycles. The maximum Gasteiger partial charge on any atom is 0.232 e. The van der Waals surface area contributed by atoms with Gasteiger partial charge < -0.3 is 25.4 Å². The molecule has 0 radical (unpaired) electrons. The van der Waals surface area contributed by atoms with Crippen molar-refractivity contribution in [2.75, 3.05) is 50.1 Å². The molecule has 2 aliphatic heterocycles. The van der Waals surface area contributed by atoms with Crippen molar-refractivity contribution in [2.45, 2.75) is 32.3 Å². The first kappa shape index (κ1) is 24.0. The number of halogens is 1. The van der Waals surface area contributed by atoms with Crippen LogP contribution in [-0.4, -0.2) is 55.9 Å². The number of hydrogen-bond acceptors (Lipinski definition) is 6. The van der Waals surface area contributed by atoms with Crippen molar-refractivity contribution in [2.24, 2.45) is 11.8 Å². The lowest BCUT2D eigenvalue weighted by Gasteiger charge is -2.35. The molecule has 3 N–H and O–H groups in total. The maximum absolute atomic E-state index is 12.7. The van der Waals surface area contributed by atoms with E-state index in [4.69, 9.17) is 21.1 Å². The molecule has 1 aromatic carbocycles. The SMILES string of the molecule is CC1(C)CC(CNc2cccc(-c3cc(NC(=O)[C@H]4CNCCOC4)ncc3Cl)c2)CCO1. The summed E-state index contributed by atoms with van der Waals surface area (Å²) in [6.07, 6.45) is 3.69. The predicted molar refractivity (Wildman–Crippen MR) is 132 cm³/mol. The summed E-state index contributed by atoms with van der Waals surface area (Å²) in [5.41, 5.74) is 2.77. The number of nitrogens with one attached hydrogen (secondary N) is 3. The fourth-order valence-electron chi connectivity index (χ4n) is 4.42. The standard InChI is InChI=1S/C25H33ClN4O3/c1-25(2)12-17(6-8-33-25)13-28-20-5-3-4-18(10-20)21-11-23(29-15-22(21)26)30-24(31)19-14-27-7-9-32-16-19/h3-5,10-11,15,17,19,27-28H,6-9,12-14,16H2,1-2H3,(H,29,30,31)/t17?,19-/m0/s1. The van der Waals surface area contributed by atoms with E-state index in [0.29, 0.717) is 36.5 Å². The van der Waals surface area contributed by atoms with E-state index < -0.39 is 0 Å². The van der Waals surface area contributed by atoms with Gasteiger partial charge in [0.05, 0.1) is 29.8 Å². The first-order valence-electron chi connectivity index (χ1n) is 11.6. The summed E-state index contributed by atoms with van der Waals surface area (Å²) in [5, 5.41) is 10.2. The molecule has 7 nitrogen and oxygen atoms in total. The fourth-order valence-corrected chi connectivity index (χ4v) is 4.63. The van der Waals surface area contributed by atoms with Gasteiger partial charge in [-0.1, -0.05) is 23.7 Å². The molecule has 33 heavy (non-hydrogen) atoms. The fraction of sp³-hybridized carbons (Fsp3) is 0.520. The quantitative estimate of drug-likeness (QED) is 0.584. The van der Waals surface area contributed by atoms with Crippen LogP contribution >= 0.6 is 11.6 Å². The zero-order valence-electron chi connectivity index (χ0n) is 19.3. The van der Waals surface area contributed by atoms with E-state index in [1.165, 1.54) is 0 Å². The second kappa shape index (κ2) is 10.8. The van der Waals surface area contributed by atoms with Crippen LogP contribution in [0.25, 0.3) is 11.1 Å². The number of amides is 1. The number of anilines is 2. The number of ether oxygens (including phenoxy) is 2. The molecular formula is C25H33ClN4O3. The number of carbonyl (C=O) groups is 1. The van der Waals surface area contributed by atoms with E-state index in [0.717, 1.165) is 49.4 Å². The average Bonchev–Trinajstić information content (AvgIpc) is 3.08. The van der Waals surface area contributed by atoms with Gasteiger partial charge in [-0.25, -0.2) is 4.98 Å². The molecule has 2 atom stereocenters. The van der Waals surface area contributed by atoms with E-state index in [2.05, 4.69) is 46.9 Å². The summed E-state index contributed by atoms with van der Waals surface area (Å²) in [4.78, 5) is 17.0. The van der Waals surface area contributed by atoms with Crippen molar-refractivity contribution < 1.29 is 14.3 Å². The third-order valence-electron chi connectivity index (χ3n) is 6.18. The van der Waals surface area contributed by atoms with E-state index in [9.17, 15) is 4.79 Å². The third kappa shape index (κ3) is 6.67. The summed E-state index contributed by atoms with van der Waals surface area (Å²) in [5.74, 6) is 0.689. The van der Waals surface area contributed by atoms with Crippen LogP contribution < -0.4 is 16.0 Å². The first-order chi connectivity index (χ1) is 15.9. The van der Waals surface area contributed by atoms with Crippen LogP contribution in [0.2, 0.25) is 5.02 Å². The lowest BCUT2D eigenvalue weighted by atomic mass is 9.88. The monoisotopic (exact) mass is 472 g/mol. The highest BCUT2D eigenvalue weighted by Gasteiger charge is 2.28. The lowest BCUT2D eigenvalue weighted by molar-refractivity contribution is -0.121. The zero-order valence-corrected chi connectivity index (χ0v) is 20.1. The molecule has 4 rings (SSSR count). The Morgan fingerprint density at radius 3 is 3.03 bits per heavy atom. The Labute approximate surface area is 200 Å². The van der Waals surface area contributed by atoms with Crippen molar-refractivity contribution in [1.82, 2.24) is 10.3 Å². The molecule has 1 amide bonds. The molecule has 0 spiro atoms. The summed E-state index contributed by atoms with van der Waals surface area (Å²) < 4.78 is 11.3. The van der Waals surface area contributed by atoms with Crippen LogP contribution in [0.5, 0.6) is 0 Å². The van der Waals surface area contributed by atoms with E-state index in [1.54, 1.807) is 6.20 Å². The number of aromatic nitrogens is 1. The molecule has 8 heteroatoms. The zero-order chi connectivity index (χ0) is 23.3. The van der Waals surface area contributed by atoms with Crippen molar-refractivity contribution in [1.29, 1.82) is 0 Å². The van der Waals surface area contributed by atoms with E-state index in [1.807, 2.05) is 18.2 Å². The molecule has 2 fully saturated rings. The van der Waals surface area contributed by atoms with Gasteiger partial charge in [0.2, 0.25) is 5.91 Å². The van der Waals surface area contributed by atoms with Gasteiger partial charge in [0, 0.05) is 43.7 Å². The highest BCUT2D eigenvalue weighted by molar-refractivity contribution is 6.33. The first-order valence-corrected chi connectivity index (χ1v) is 12.0. The maximum atomic E-state index is 12.7. The van der Waals surface area contributed by atoms with Crippen molar-refractivity contribution in [3.63, 3.8) is 0 Å². The molecule has 3 heterocycles. The van der Waals surface area contributed by atoms with Crippen molar-refractivity contribution in [3.05, 3.63) is 41.6 Å². The number of carbonyl (C=O) groups excluding carboxylic acids is 1. The van der Waals surface area contributed by atoms with Crippen LogP contribution in [0.3, 0.4) is 0 Å². The Bertz CT molecular complexity index is 960. The normalized spacial score (nSPS) is 22.9. The Morgan fingerprint density at radius 1 is 1.30 bits per heavy atom. The lowest BCUT2D eigenvalue weighted by Crippen LogP contribution is -2.36. The minimum absolute atomic E-state index is 0.0587. The summed E-state index contributed by atoms with van der Waals surface area (Å²) >= 11 is 6.48. The van der Waals surface area contributed by atoms with Gasteiger partial charge in [-0.05, 0) is 56.4 Å². The number of rotatable bonds is 6. The van der Waals surface area contributed by atoms with Gasteiger partial charge in [0.25, 0.3) is 0 Å².